The van der Waals surface area contributed by atoms with Gasteiger partial charge in [-0.1, -0.05) is 20.3 Å². The predicted molar refractivity (Wildman–Crippen MR) is 75.8 cm³/mol. The number of carboxylic acids is 1. The lowest BCUT2D eigenvalue weighted by Crippen LogP contribution is -2.37. The molecule has 0 unspecified atom stereocenters. The van der Waals surface area contributed by atoms with Gasteiger partial charge in [0.05, 0.1) is 0 Å². The number of aliphatic carboxylic acids is 1. The molecule has 0 aromatic carbocycles. The zero-order chi connectivity index (χ0) is 13.1. The fraction of sp³-hybridized carbons (Fsp3) is 0.923. The lowest BCUT2D eigenvalue weighted by atomic mass is 10.0. The maximum atomic E-state index is 10.3. The maximum absolute atomic E-state index is 10.3. The van der Waals surface area contributed by atoms with Gasteiger partial charge in [0.25, 0.3) is 0 Å². The number of carboxylic acid groups (broad SMARTS) is 1. The minimum atomic E-state index is -0.684. The molecule has 0 fully saturated rings. The van der Waals surface area contributed by atoms with Gasteiger partial charge in [-0.2, -0.15) is 11.8 Å². The maximum Gasteiger partial charge on any atom is 0.303 e. The van der Waals surface area contributed by atoms with E-state index in [0.29, 0.717) is 11.2 Å². The van der Waals surface area contributed by atoms with Crippen LogP contribution in [-0.2, 0) is 4.79 Å². The quantitative estimate of drug-likeness (QED) is 0.561. The monoisotopic (exact) mass is 261 g/mol. The van der Waals surface area contributed by atoms with Crippen LogP contribution in [0.4, 0.5) is 0 Å². The molecule has 0 bridgehead atoms. The third-order valence-corrected chi connectivity index (χ3v) is 5.00. The van der Waals surface area contributed by atoms with Crippen LogP contribution >= 0.6 is 11.8 Å². The molecule has 0 atom stereocenters. The fourth-order valence-electron chi connectivity index (χ4n) is 1.88. The first-order valence-corrected chi connectivity index (χ1v) is 7.80. The first-order chi connectivity index (χ1) is 8.10. The smallest absolute Gasteiger partial charge is 0.303 e. The number of rotatable bonds is 11. The lowest BCUT2D eigenvalue weighted by Gasteiger charge is -2.30. The topological polar surface area (TPSA) is 49.3 Å². The van der Waals surface area contributed by atoms with E-state index in [-0.39, 0.29) is 0 Å². The normalized spacial score (nSPS) is 11.7. The van der Waals surface area contributed by atoms with Gasteiger partial charge in [0, 0.05) is 17.7 Å². The first kappa shape index (κ1) is 16.8. The summed E-state index contributed by atoms with van der Waals surface area (Å²) in [5, 5.41) is 12.0. The Morgan fingerprint density at radius 3 is 2.35 bits per heavy atom. The summed E-state index contributed by atoms with van der Waals surface area (Å²) < 4.78 is 0.376. The number of nitrogens with one attached hydrogen (secondary N) is 1. The highest BCUT2D eigenvalue weighted by Crippen LogP contribution is 2.29. The zero-order valence-electron chi connectivity index (χ0n) is 11.4. The summed E-state index contributed by atoms with van der Waals surface area (Å²) in [7, 11) is 0. The van der Waals surface area contributed by atoms with Crippen molar-refractivity contribution < 1.29 is 9.90 Å². The second-order valence-corrected chi connectivity index (χ2v) is 5.75. The van der Waals surface area contributed by atoms with Crippen molar-refractivity contribution in [2.24, 2.45) is 0 Å². The summed E-state index contributed by atoms with van der Waals surface area (Å²) in [5.74, 6) is -0.684. The molecular formula is C13H27NO2S. The molecule has 0 aromatic heterocycles. The fourth-order valence-corrected chi connectivity index (χ4v) is 2.70. The van der Waals surface area contributed by atoms with Gasteiger partial charge in [0.15, 0.2) is 0 Å². The Bertz CT molecular complexity index is 197. The molecule has 3 nitrogen and oxygen atoms in total. The summed E-state index contributed by atoms with van der Waals surface area (Å²) in [5.41, 5.74) is 0. The largest absolute Gasteiger partial charge is 0.481 e. The molecule has 0 saturated carbocycles. The van der Waals surface area contributed by atoms with Gasteiger partial charge < -0.3 is 10.4 Å². The van der Waals surface area contributed by atoms with Crippen molar-refractivity contribution in [3.8, 4) is 0 Å². The Balaban J connectivity index is 3.52. The van der Waals surface area contributed by atoms with Crippen molar-refractivity contribution in [3.05, 3.63) is 0 Å². The van der Waals surface area contributed by atoms with Crippen LogP contribution in [0, 0.1) is 0 Å². The number of thioether (sulfide) groups is 1. The van der Waals surface area contributed by atoms with Gasteiger partial charge in [-0.25, -0.2) is 0 Å². The van der Waals surface area contributed by atoms with Gasteiger partial charge in [-0.05, 0) is 38.5 Å². The molecule has 102 valence electrons. The highest BCUT2D eigenvalue weighted by molar-refractivity contribution is 8.00. The number of hydrogen-bond donors (Lipinski definition) is 2. The van der Waals surface area contributed by atoms with Crippen LogP contribution in [0.15, 0.2) is 0 Å². The number of carbonyl (C=O) groups is 1. The van der Waals surface area contributed by atoms with Crippen molar-refractivity contribution in [2.75, 3.05) is 19.3 Å². The standard InChI is InChI=1S/C13H27NO2S/c1-4-13(5-2,17-3)11-14-10-8-6-7-9-12(15)16/h14H,4-11H2,1-3H3,(H,15,16). The van der Waals surface area contributed by atoms with Gasteiger partial charge in [-0.15, -0.1) is 0 Å². The molecule has 0 heterocycles. The van der Waals surface area contributed by atoms with E-state index < -0.39 is 5.97 Å². The van der Waals surface area contributed by atoms with Crippen LogP contribution in [0.1, 0.15) is 52.4 Å². The van der Waals surface area contributed by atoms with Crippen LogP contribution in [-0.4, -0.2) is 35.2 Å². The Hall–Kier alpha value is -0.220. The van der Waals surface area contributed by atoms with E-state index in [2.05, 4.69) is 25.4 Å². The van der Waals surface area contributed by atoms with Crippen molar-refractivity contribution in [1.29, 1.82) is 0 Å². The van der Waals surface area contributed by atoms with Gasteiger partial charge >= 0.3 is 5.97 Å². The molecule has 0 spiro atoms. The van der Waals surface area contributed by atoms with Gasteiger partial charge in [-0.3, -0.25) is 4.79 Å². The summed E-state index contributed by atoms with van der Waals surface area (Å²) >= 11 is 1.95. The Morgan fingerprint density at radius 1 is 1.24 bits per heavy atom. The van der Waals surface area contributed by atoms with E-state index in [9.17, 15) is 4.79 Å². The Kier molecular flexibility index (Phi) is 9.65. The number of unbranched alkanes of at least 4 members (excludes halogenated alkanes) is 2. The lowest BCUT2D eigenvalue weighted by molar-refractivity contribution is -0.137. The van der Waals surface area contributed by atoms with Crippen molar-refractivity contribution in [1.82, 2.24) is 5.32 Å². The van der Waals surface area contributed by atoms with E-state index >= 15 is 0 Å². The van der Waals surface area contributed by atoms with E-state index in [1.54, 1.807) is 0 Å². The average Bonchev–Trinajstić information content (AvgIpc) is 2.33. The second kappa shape index (κ2) is 9.77. The molecule has 4 heteroatoms. The molecule has 0 radical (unpaired) electrons. The molecule has 0 aliphatic heterocycles. The SMILES string of the molecule is CCC(CC)(CNCCCCCC(=O)O)SC. The molecule has 0 aliphatic rings. The van der Waals surface area contributed by atoms with Gasteiger partial charge in [0.1, 0.15) is 0 Å². The van der Waals surface area contributed by atoms with Gasteiger partial charge in [0.2, 0.25) is 0 Å². The summed E-state index contributed by atoms with van der Waals surface area (Å²) in [6.45, 7) is 6.55. The van der Waals surface area contributed by atoms with E-state index in [1.807, 2.05) is 11.8 Å². The molecule has 0 aromatic rings. The minimum absolute atomic E-state index is 0.304. The third-order valence-electron chi connectivity index (χ3n) is 3.41. The van der Waals surface area contributed by atoms with Crippen molar-refractivity contribution in [2.45, 2.75) is 57.1 Å². The van der Waals surface area contributed by atoms with Crippen molar-refractivity contribution >= 4 is 17.7 Å². The van der Waals surface area contributed by atoms with Crippen LogP contribution < -0.4 is 5.32 Å². The van der Waals surface area contributed by atoms with E-state index in [0.717, 1.165) is 32.4 Å². The Labute approximate surface area is 110 Å². The molecule has 0 rings (SSSR count). The molecule has 0 aliphatic carbocycles. The third kappa shape index (κ3) is 7.66. The average molecular weight is 261 g/mol. The second-order valence-electron chi connectivity index (χ2n) is 4.48. The van der Waals surface area contributed by atoms with E-state index in [4.69, 9.17) is 5.11 Å². The highest BCUT2D eigenvalue weighted by Gasteiger charge is 2.23. The molecule has 0 amide bonds. The first-order valence-electron chi connectivity index (χ1n) is 6.58. The molecular weight excluding hydrogens is 234 g/mol. The summed E-state index contributed by atoms with van der Waals surface area (Å²) in [6, 6.07) is 0. The minimum Gasteiger partial charge on any atom is -0.481 e. The van der Waals surface area contributed by atoms with Crippen LogP contribution in [0.5, 0.6) is 0 Å². The zero-order valence-corrected chi connectivity index (χ0v) is 12.2. The predicted octanol–water partition coefficient (Wildman–Crippen LogP) is 3.14. The van der Waals surface area contributed by atoms with Crippen LogP contribution in [0.25, 0.3) is 0 Å². The van der Waals surface area contributed by atoms with E-state index in [1.165, 1.54) is 12.8 Å². The summed E-state index contributed by atoms with van der Waals surface area (Å²) in [4.78, 5) is 10.3. The number of hydrogen-bond acceptors (Lipinski definition) is 3. The van der Waals surface area contributed by atoms with Crippen LogP contribution in [0.2, 0.25) is 0 Å². The molecule has 2 N–H and O–H groups in total. The van der Waals surface area contributed by atoms with Crippen LogP contribution in [0.3, 0.4) is 0 Å². The molecule has 0 saturated heterocycles. The summed E-state index contributed by atoms with van der Waals surface area (Å²) in [6.07, 6.45) is 7.74. The molecule has 17 heavy (non-hydrogen) atoms. The van der Waals surface area contributed by atoms with Crippen molar-refractivity contribution in [3.63, 3.8) is 0 Å². The highest BCUT2D eigenvalue weighted by atomic mass is 32.2. The Morgan fingerprint density at radius 2 is 1.88 bits per heavy atom.